The van der Waals surface area contributed by atoms with Crippen LogP contribution >= 0.6 is 0 Å². The molecule has 0 unspecified atom stereocenters. The molecule has 4 nitrogen and oxygen atoms in total. The van der Waals surface area contributed by atoms with Crippen LogP contribution in [0.2, 0.25) is 0 Å². The van der Waals surface area contributed by atoms with Gasteiger partial charge in [0.05, 0.1) is 16.8 Å². The maximum atomic E-state index is 14.1. The number of carboxylic acids is 1. The monoisotopic (exact) mass is 315 g/mol. The zero-order valence-corrected chi connectivity index (χ0v) is 12.8. The number of carbonyl (C=O) groups is 2. The number of amides is 1. The van der Waals surface area contributed by atoms with Gasteiger partial charge in [-0.1, -0.05) is 31.5 Å². The third-order valence-electron chi connectivity index (χ3n) is 3.50. The number of rotatable bonds is 6. The number of carbonyl (C=O) groups excluding carboxylic acids is 1. The molecule has 0 saturated carbocycles. The highest BCUT2D eigenvalue weighted by molar-refractivity contribution is 6.10. The molecule has 5 heteroatoms. The largest absolute Gasteiger partial charge is 0.478 e. The second kappa shape index (κ2) is 7.54. The fourth-order valence-corrected chi connectivity index (χ4v) is 2.25. The van der Waals surface area contributed by atoms with Crippen molar-refractivity contribution < 1.29 is 19.1 Å². The van der Waals surface area contributed by atoms with E-state index < -0.39 is 17.7 Å². The van der Waals surface area contributed by atoms with E-state index in [-0.39, 0.29) is 16.8 Å². The van der Waals surface area contributed by atoms with Crippen molar-refractivity contribution in [3.63, 3.8) is 0 Å². The van der Waals surface area contributed by atoms with Crippen molar-refractivity contribution in [3.05, 3.63) is 65.0 Å². The van der Waals surface area contributed by atoms with Crippen molar-refractivity contribution in [3.8, 4) is 0 Å². The van der Waals surface area contributed by atoms with Gasteiger partial charge in [0.25, 0.3) is 5.91 Å². The van der Waals surface area contributed by atoms with Crippen LogP contribution in [0.15, 0.2) is 42.5 Å². The Bertz CT molecular complexity index is 728. The first-order chi connectivity index (χ1) is 11.0. The Labute approximate surface area is 134 Å². The van der Waals surface area contributed by atoms with Crippen LogP contribution in [0, 0.1) is 5.82 Å². The fraction of sp³-hybridized carbons (Fsp3) is 0.222. The first kappa shape index (κ1) is 16.7. The molecule has 0 aliphatic rings. The van der Waals surface area contributed by atoms with E-state index in [1.54, 1.807) is 12.1 Å². The molecule has 0 radical (unpaired) electrons. The van der Waals surface area contributed by atoms with Crippen LogP contribution in [-0.4, -0.2) is 17.0 Å². The van der Waals surface area contributed by atoms with Gasteiger partial charge in [0.15, 0.2) is 0 Å². The highest BCUT2D eigenvalue weighted by atomic mass is 19.1. The SMILES string of the molecule is CCCCc1ccc(NC(=O)c2ccccc2C(=O)O)c(F)c1. The van der Waals surface area contributed by atoms with Crippen LogP contribution in [0.1, 0.15) is 46.0 Å². The van der Waals surface area contributed by atoms with Gasteiger partial charge in [0, 0.05) is 0 Å². The molecule has 0 bridgehead atoms. The Balaban J connectivity index is 2.19. The number of hydrogen-bond acceptors (Lipinski definition) is 2. The second-order valence-electron chi connectivity index (χ2n) is 5.22. The summed E-state index contributed by atoms with van der Waals surface area (Å²) in [4.78, 5) is 23.3. The van der Waals surface area contributed by atoms with Gasteiger partial charge in [-0.05, 0) is 42.7 Å². The van der Waals surface area contributed by atoms with Crippen molar-refractivity contribution >= 4 is 17.6 Å². The lowest BCUT2D eigenvalue weighted by Gasteiger charge is -2.10. The normalized spacial score (nSPS) is 10.3. The first-order valence-electron chi connectivity index (χ1n) is 7.45. The van der Waals surface area contributed by atoms with Gasteiger partial charge < -0.3 is 10.4 Å². The van der Waals surface area contributed by atoms with Gasteiger partial charge in [-0.2, -0.15) is 0 Å². The zero-order chi connectivity index (χ0) is 16.8. The number of nitrogens with one attached hydrogen (secondary N) is 1. The molecule has 1 amide bonds. The summed E-state index contributed by atoms with van der Waals surface area (Å²) in [6.07, 6.45) is 2.77. The first-order valence-corrected chi connectivity index (χ1v) is 7.45. The summed E-state index contributed by atoms with van der Waals surface area (Å²) in [7, 11) is 0. The number of anilines is 1. The van der Waals surface area contributed by atoms with Gasteiger partial charge in [-0.3, -0.25) is 4.79 Å². The predicted molar refractivity (Wildman–Crippen MR) is 86.4 cm³/mol. The highest BCUT2D eigenvalue weighted by Gasteiger charge is 2.17. The van der Waals surface area contributed by atoms with Crippen LogP contribution in [-0.2, 0) is 6.42 Å². The topological polar surface area (TPSA) is 66.4 Å². The number of unbranched alkanes of at least 4 members (excludes halogenated alkanes) is 1. The van der Waals surface area contributed by atoms with Crippen molar-refractivity contribution in [2.75, 3.05) is 5.32 Å². The standard InChI is InChI=1S/C18H18FNO3/c1-2-3-6-12-9-10-16(15(19)11-12)20-17(21)13-7-4-5-8-14(13)18(22)23/h4-5,7-11H,2-3,6H2,1H3,(H,20,21)(H,22,23). The number of aryl methyl sites for hydroxylation is 1. The number of halogens is 1. The Morgan fingerprint density at radius 2 is 1.83 bits per heavy atom. The Kier molecular flexibility index (Phi) is 5.46. The van der Waals surface area contributed by atoms with Gasteiger partial charge in [0.1, 0.15) is 5.82 Å². The second-order valence-corrected chi connectivity index (χ2v) is 5.22. The molecule has 0 atom stereocenters. The van der Waals surface area contributed by atoms with E-state index in [0.717, 1.165) is 24.8 Å². The summed E-state index contributed by atoms with van der Waals surface area (Å²) < 4.78 is 14.1. The average Bonchev–Trinajstić information content (AvgIpc) is 2.55. The van der Waals surface area contributed by atoms with Crippen molar-refractivity contribution in [2.45, 2.75) is 26.2 Å². The molecule has 0 spiro atoms. The third-order valence-corrected chi connectivity index (χ3v) is 3.50. The highest BCUT2D eigenvalue weighted by Crippen LogP contribution is 2.19. The molecule has 2 rings (SSSR count). The van der Waals surface area contributed by atoms with Crippen molar-refractivity contribution in [1.29, 1.82) is 0 Å². The smallest absolute Gasteiger partial charge is 0.336 e. The van der Waals surface area contributed by atoms with Crippen molar-refractivity contribution in [1.82, 2.24) is 0 Å². The molecular weight excluding hydrogens is 297 g/mol. The zero-order valence-electron chi connectivity index (χ0n) is 12.8. The molecular formula is C18H18FNO3. The lowest BCUT2D eigenvalue weighted by molar-refractivity contribution is 0.0692. The minimum absolute atomic E-state index is 0.00513. The summed E-state index contributed by atoms with van der Waals surface area (Å²) in [6, 6.07) is 10.5. The van der Waals surface area contributed by atoms with Gasteiger partial charge in [-0.25, -0.2) is 9.18 Å². The number of hydrogen-bond donors (Lipinski definition) is 2. The summed E-state index contributed by atoms with van der Waals surface area (Å²) in [6.45, 7) is 2.06. The van der Waals surface area contributed by atoms with E-state index in [0.29, 0.717) is 0 Å². The molecule has 0 aliphatic carbocycles. The number of benzene rings is 2. The quantitative estimate of drug-likeness (QED) is 0.842. The molecule has 0 heterocycles. The van der Waals surface area contributed by atoms with Crippen LogP contribution in [0.4, 0.5) is 10.1 Å². The summed E-state index contributed by atoms with van der Waals surface area (Å²) in [5, 5.41) is 11.5. The summed E-state index contributed by atoms with van der Waals surface area (Å²) >= 11 is 0. The van der Waals surface area contributed by atoms with Crippen molar-refractivity contribution in [2.24, 2.45) is 0 Å². The minimum atomic E-state index is -1.20. The molecule has 0 saturated heterocycles. The van der Waals surface area contributed by atoms with Crippen LogP contribution < -0.4 is 5.32 Å². The Hall–Kier alpha value is -2.69. The van der Waals surface area contributed by atoms with E-state index in [1.807, 2.05) is 0 Å². The fourth-order valence-electron chi connectivity index (χ4n) is 2.25. The lowest BCUT2D eigenvalue weighted by Crippen LogP contribution is -2.17. The van der Waals surface area contributed by atoms with E-state index in [4.69, 9.17) is 5.11 Å². The van der Waals surface area contributed by atoms with Crippen LogP contribution in [0.5, 0.6) is 0 Å². The molecule has 2 N–H and O–H groups in total. The van der Waals surface area contributed by atoms with Crippen LogP contribution in [0.25, 0.3) is 0 Å². The molecule has 0 fully saturated rings. The van der Waals surface area contributed by atoms with Gasteiger partial charge in [-0.15, -0.1) is 0 Å². The molecule has 23 heavy (non-hydrogen) atoms. The predicted octanol–water partition coefficient (Wildman–Crippen LogP) is 4.12. The Morgan fingerprint density at radius 1 is 1.13 bits per heavy atom. The molecule has 2 aromatic rings. The lowest BCUT2D eigenvalue weighted by atomic mass is 10.1. The Morgan fingerprint density at radius 3 is 2.43 bits per heavy atom. The third kappa shape index (κ3) is 4.16. The van der Waals surface area contributed by atoms with E-state index >= 15 is 0 Å². The van der Waals surface area contributed by atoms with Crippen LogP contribution in [0.3, 0.4) is 0 Å². The average molecular weight is 315 g/mol. The maximum Gasteiger partial charge on any atom is 0.336 e. The molecule has 0 aliphatic heterocycles. The van der Waals surface area contributed by atoms with E-state index in [9.17, 15) is 14.0 Å². The molecule has 120 valence electrons. The number of carboxylic acid groups (broad SMARTS) is 1. The molecule has 0 aromatic heterocycles. The summed E-state index contributed by atoms with van der Waals surface area (Å²) in [5.41, 5.74) is 0.781. The maximum absolute atomic E-state index is 14.1. The summed E-state index contributed by atoms with van der Waals surface area (Å²) in [5.74, 6) is -2.38. The van der Waals surface area contributed by atoms with Gasteiger partial charge >= 0.3 is 5.97 Å². The number of aromatic carboxylic acids is 1. The molecule has 2 aromatic carbocycles. The van der Waals surface area contributed by atoms with E-state index in [1.165, 1.54) is 30.3 Å². The van der Waals surface area contributed by atoms with Gasteiger partial charge in [0.2, 0.25) is 0 Å². The minimum Gasteiger partial charge on any atom is -0.478 e. The van der Waals surface area contributed by atoms with E-state index in [2.05, 4.69) is 12.2 Å².